The zero-order valence-corrected chi connectivity index (χ0v) is 18.9. The molecule has 0 bridgehead atoms. The molecular formula is C23H31N4O3P+2. The summed E-state index contributed by atoms with van der Waals surface area (Å²) in [7, 11) is -1.84. The molecule has 0 saturated heterocycles. The molecule has 7 nitrogen and oxygen atoms in total. The summed E-state index contributed by atoms with van der Waals surface area (Å²) in [6.45, 7) is 0.957. The highest BCUT2D eigenvalue weighted by atomic mass is 31.2. The van der Waals surface area contributed by atoms with E-state index in [1.54, 1.807) is 0 Å². The van der Waals surface area contributed by atoms with Crippen LogP contribution in [0.3, 0.4) is 0 Å². The van der Waals surface area contributed by atoms with Crippen LogP contribution in [0.5, 0.6) is 0 Å². The second kappa shape index (κ2) is 11.2. The maximum atomic E-state index is 10.8. The normalized spacial score (nSPS) is 11.6. The zero-order valence-electron chi connectivity index (χ0n) is 18.0. The second-order valence-electron chi connectivity index (χ2n) is 7.87. The Bertz CT molecular complexity index is 987. The Labute approximate surface area is 183 Å². The summed E-state index contributed by atoms with van der Waals surface area (Å²) in [5.41, 5.74) is 3.80. The molecule has 3 aromatic rings. The van der Waals surface area contributed by atoms with Gasteiger partial charge in [0.25, 0.3) is 0 Å². The Morgan fingerprint density at radius 1 is 0.774 bits per heavy atom. The van der Waals surface area contributed by atoms with Crippen LogP contribution in [0.15, 0.2) is 61.4 Å². The van der Waals surface area contributed by atoms with E-state index in [9.17, 15) is 4.57 Å². The van der Waals surface area contributed by atoms with Crippen molar-refractivity contribution >= 4 is 7.60 Å². The second-order valence-corrected chi connectivity index (χ2v) is 9.65. The Balaban J connectivity index is 1.42. The quantitative estimate of drug-likeness (QED) is 0.270. The van der Waals surface area contributed by atoms with Crippen molar-refractivity contribution in [3.05, 3.63) is 61.4 Å². The van der Waals surface area contributed by atoms with Gasteiger partial charge in [-0.15, -0.1) is 0 Å². The van der Waals surface area contributed by atoms with Gasteiger partial charge in [-0.25, -0.2) is 9.13 Å². The van der Waals surface area contributed by atoms with Crippen molar-refractivity contribution < 1.29 is 23.5 Å². The first kappa shape index (κ1) is 23.2. The molecule has 0 aromatic carbocycles. The molecule has 0 amide bonds. The van der Waals surface area contributed by atoms with Gasteiger partial charge in [-0.2, -0.15) is 0 Å². The van der Waals surface area contributed by atoms with Gasteiger partial charge in [0.05, 0.1) is 23.8 Å². The lowest BCUT2D eigenvalue weighted by Gasteiger charge is -2.04. The maximum absolute atomic E-state index is 10.8. The smallest absolute Gasteiger partial charge is 0.324 e. The van der Waals surface area contributed by atoms with E-state index >= 15 is 0 Å². The predicted molar refractivity (Wildman–Crippen MR) is 119 cm³/mol. The molecule has 3 heterocycles. The molecule has 3 aromatic heterocycles. The number of hydrogen-bond donors (Lipinski definition) is 2. The fourth-order valence-corrected chi connectivity index (χ4v) is 4.03. The van der Waals surface area contributed by atoms with Crippen LogP contribution in [-0.4, -0.2) is 25.9 Å². The Kier molecular flexibility index (Phi) is 8.41. The third-order valence-electron chi connectivity index (χ3n) is 5.23. The van der Waals surface area contributed by atoms with Gasteiger partial charge in [-0.3, -0.25) is 14.5 Å². The van der Waals surface area contributed by atoms with Crippen molar-refractivity contribution in [2.24, 2.45) is 7.05 Å². The summed E-state index contributed by atoms with van der Waals surface area (Å²) in [4.78, 5) is 26.8. The van der Waals surface area contributed by atoms with E-state index in [0.29, 0.717) is 6.42 Å². The zero-order chi connectivity index (χ0) is 22.1. The number of nitrogens with zero attached hydrogens (tertiary/aromatic N) is 4. The first-order valence-electron chi connectivity index (χ1n) is 10.7. The Morgan fingerprint density at radius 2 is 1.26 bits per heavy atom. The summed E-state index contributed by atoms with van der Waals surface area (Å²) >= 11 is 0. The van der Waals surface area contributed by atoms with Crippen LogP contribution in [0.4, 0.5) is 0 Å². The van der Waals surface area contributed by atoms with Crippen molar-refractivity contribution in [2.75, 3.05) is 6.16 Å². The van der Waals surface area contributed by atoms with Crippen molar-refractivity contribution in [2.45, 2.75) is 45.1 Å². The van der Waals surface area contributed by atoms with Crippen LogP contribution in [0.25, 0.3) is 22.5 Å². The van der Waals surface area contributed by atoms with E-state index in [2.05, 4.69) is 39.1 Å². The largest absolute Gasteiger partial charge is 0.325 e. The molecule has 3 rings (SSSR count). The van der Waals surface area contributed by atoms with E-state index in [0.717, 1.165) is 61.2 Å². The molecule has 0 saturated carbocycles. The Hall–Kier alpha value is -2.47. The highest BCUT2D eigenvalue weighted by Gasteiger charge is 2.11. The summed E-state index contributed by atoms with van der Waals surface area (Å²) in [6.07, 6.45) is 17.6. The molecule has 0 aliphatic carbocycles. The molecule has 2 N–H and O–H groups in total. The third-order valence-corrected chi connectivity index (χ3v) is 6.13. The topological polar surface area (TPSA) is 91.1 Å². The van der Waals surface area contributed by atoms with Crippen LogP contribution in [0, 0.1) is 0 Å². The number of aromatic nitrogens is 4. The van der Waals surface area contributed by atoms with E-state index in [1.165, 1.54) is 0 Å². The van der Waals surface area contributed by atoms with Crippen molar-refractivity contribution in [1.82, 2.24) is 9.97 Å². The standard InChI is InChI=1S/C23H29N4O3P/c1-26-13-8-20(9-14-26)22-18-25-23(19-24-22)21-10-15-27(16-11-21)12-6-4-2-3-5-7-17-31(28,29)30/h8-11,13-16,18-19H,2-7,12,17H2,1H3/p+2. The van der Waals surface area contributed by atoms with Crippen LogP contribution >= 0.6 is 7.60 Å². The first-order valence-corrected chi connectivity index (χ1v) is 12.5. The fraction of sp³-hybridized carbons (Fsp3) is 0.391. The van der Waals surface area contributed by atoms with Gasteiger partial charge in [0, 0.05) is 48.0 Å². The van der Waals surface area contributed by atoms with Crippen molar-refractivity contribution in [1.29, 1.82) is 0 Å². The van der Waals surface area contributed by atoms with Crippen LogP contribution in [0.1, 0.15) is 38.5 Å². The average molecular weight is 443 g/mol. The number of hydrogen-bond acceptors (Lipinski definition) is 3. The summed E-state index contributed by atoms with van der Waals surface area (Å²) in [5.74, 6) is 0. The number of pyridine rings is 2. The minimum atomic E-state index is -3.82. The van der Waals surface area contributed by atoms with E-state index in [-0.39, 0.29) is 6.16 Å². The molecule has 8 heteroatoms. The van der Waals surface area contributed by atoms with Gasteiger partial charge in [0.15, 0.2) is 24.8 Å². The highest BCUT2D eigenvalue weighted by Crippen LogP contribution is 2.35. The predicted octanol–water partition coefficient (Wildman–Crippen LogP) is 3.44. The molecule has 0 atom stereocenters. The molecule has 0 aliphatic rings. The molecule has 31 heavy (non-hydrogen) atoms. The van der Waals surface area contributed by atoms with Gasteiger partial charge in [0.2, 0.25) is 0 Å². The maximum Gasteiger partial charge on any atom is 0.325 e. The average Bonchev–Trinajstić information content (AvgIpc) is 2.76. The van der Waals surface area contributed by atoms with E-state index in [4.69, 9.17) is 9.79 Å². The highest BCUT2D eigenvalue weighted by molar-refractivity contribution is 7.51. The van der Waals surface area contributed by atoms with Gasteiger partial charge >= 0.3 is 7.60 Å². The van der Waals surface area contributed by atoms with Crippen LogP contribution < -0.4 is 9.13 Å². The monoisotopic (exact) mass is 442 g/mol. The lowest BCUT2D eigenvalue weighted by molar-refractivity contribution is -0.697. The third kappa shape index (κ3) is 7.94. The van der Waals surface area contributed by atoms with Gasteiger partial charge in [-0.1, -0.05) is 19.3 Å². The SMILES string of the molecule is C[n+]1ccc(-c2cnc(-c3cc[n+](CCCCCCCCP(=O)(O)O)cc3)cn2)cc1. The minimum absolute atomic E-state index is 0.00736. The molecule has 0 spiro atoms. The summed E-state index contributed by atoms with van der Waals surface area (Å²) in [6, 6.07) is 8.18. The number of rotatable bonds is 11. The molecule has 0 unspecified atom stereocenters. The van der Waals surface area contributed by atoms with E-state index < -0.39 is 7.60 Å². The number of aryl methyl sites for hydroxylation is 2. The fourth-order valence-electron chi connectivity index (χ4n) is 3.39. The van der Waals surface area contributed by atoms with Gasteiger partial charge in [0.1, 0.15) is 13.6 Å². The molecule has 164 valence electrons. The molecule has 0 radical (unpaired) electrons. The molecule has 0 aliphatic heterocycles. The van der Waals surface area contributed by atoms with Crippen LogP contribution in [0.2, 0.25) is 0 Å². The van der Waals surface area contributed by atoms with Gasteiger partial charge < -0.3 is 9.79 Å². The van der Waals surface area contributed by atoms with Crippen molar-refractivity contribution in [3.8, 4) is 22.5 Å². The lowest BCUT2D eigenvalue weighted by atomic mass is 10.1. The van der Waals surface area contributed by atoms with Crippen LogP contribution in [-0.2, 0) is 18.2 Å². The number of unbranched alkanes of at least 4 members (excludes halogenated alkanes) is 5. The van der Waals surface area contributed by atoms with Gasteiger partial charge in [-0.05, 0) is 12.8 Å². The van der Waals surface area contributed by atoms with E-state index in [1.807, 2.05) is 48.5 Å². The Morgan fingerprint density at radius 3 is 1.77 bits per heavy atom. The van der Waals surface area contributed by atoms with Crippen molar-refractivity contribution in [3.63, 3.8) is 0 Å². The minimum Gasteiger partial charge on any atom is -0.324 e. The first-order chi connectivity index (χ1) is 14.9. The summed E-state index contributed by atoms with van der Waals surface area (Å²) < 4.78 is 15.0. The molecular weight excluding hydrogens is 411 g/mol. The summed E-state index contributed by atoms with van der Waals surface area (Å²) in [5, 5.41) is 0. The molecule has 0 fully saturated rings. The lowest BCUT2D eigenvalue weighted by Crippen LogP contribution is -2.32.